The first-order valence-corrected chi connectivity index (χ1v) is 22.9. The molecule has 0 radical (unpaired) electrons. The number of esters is 3. The van der Waals surface area contributed by atoms with E-state index in [1.807, 2.05) is 13.8 Å². The lowest BCUT2D eigenvalue weighted by atomic mass is 9.44. The molecule has 14 heteroatoms. The third-order valence-corrected chi connectivity index (χ3v) is 18.1. The minimum Gasteiger partial charge on any atom is -0.468 e. The number of rotatable bonds is 8. The molecule has 6 heterocycles. The van der Waals surface area contributed by atoms with Crippen LogP contribution in [-0.2, 0) is 38.1 Å². The van der Waals surface area contributed by atoms with Gasteiger partial charge in [-0.25, -0.2) is 4.79 Å². The fraction of sp³-hybridized carbons (Fsp3) is 0.826. The van der Waals surface area contributed by atoms with Gasteiger partial charge in [0.15, 0.2) is 6.10 Å². The van der Waals surface area contributed by atoms with Gasteiger partial charge in [-0.2, -0.15) is 0 Å². The zero-order valence-electron chi connectivity index (χ0n) is 36.5. The quantitative estimate of drug-likeness (QED) is 0.142. The van der Waals surface area contributed by atoms with Gasteiger partial charge < -0.3 is 39.4 Å². The monoisotopic (exact) mass is 836 g/mol. The molecule has 1 spiro atoms. The van der Waals surface area contributed by atoms with Crippen LogP contribution in [0.2, 0.25) is 0 Å². The van der Waals surface area contributed by atoms with Crippen LogP contribution in [0.3, 0.4) is 0 Å². The number of hydrogen-bond donors (Lipinski definition) is 3. The van der Waals surface area contributed by atoms with E-state index in [-0.39, 0.29) is 29.9 Å². The summed E-state index contributed by atoms with van der Waals surface area (Å²) in [6.45, 7) is 8.82. The Balaban J connectivity index is 1.26. The molecule has 332 valence electrons. The highest BCUT2D eigenvalue weighted by Crippen LogP contribution is 2.72. The Bertz CT molecular complexity index is 1830. The average Bonchev–Trinajstić information content (AvgIpc) is 3.92. The van der Waals surface area contributed by atoms with Crippen molar-refractivity contribution in [3.63, 3.8) is 0 Å². The van der Waals surface area contributed by atoms with Gasteiger partial charge in [-0.1, -0.05) is 38.8 Å². The second kappa shape index (κ2) is 15.1. The molecular formula is C46H68N4O10. The van der Waals surface area contributed by atoms with E-state index in [9.17, 15) is 24.6 Å². The summed E-state index contributed by atoms with van der Waals surface area (Å²) in [6, 6.07) is -1.63. The molecule has 6 fully saturated rings. The van der Waals surface area contributed by atoms with Gasteiger partial charge in [0.05, 0.1) is 32.0 Å². The number of ether oxygens (including phenoxy) is 4. The first-order chi connectivity index (χ1) is 28.8. The summed E-state index contributed by atoms with van der Waals surface area (Å²) in [7, 11) is 4.41. The Kier molecular flexibility index (Phi) is 10.6. The number of nitrogens with one attached hydrogen (secondary N) is 1. The van der Waals surface area contributed by atoms with Crippen molar-refractivity contribution in [3.05, 3.63) is 23.4 Å². The van der Waals surface area contributed by atoms with Gasteiger partial charge in [-0.3, -0.25) is 24.2 Å². The van der Waals surface area contributed by atoms with Crippen molar-refractivity contribution >= 4 is 24.3 Å². The van der Waals surface area contributed by atoms with Crippen LogP contribution < -0.4 is 5.32 Å². The van der Waals surface area contributed by atoms with Crippen molar-refractivity contribution in [2.45, 2.75) is 145 Å². The van der Waals surface area contributed by atoms with Crippen molar-refractivity contribution in [1.82, 2.24) is 20.0 Å². The lowest BCUT2D eigenvalue weighted by molar-refractivity contribution is -0.249. The molecule has 9 rings (SSSR count). The van der Waals surface area contributed by atoms with Crippen LogP contribution in [-0.4, -0.2) is 151 Å². The van der Waals surface area contributed by atoms with Crippen molar-refractivity contribution < 1.29 is 48.3 Å². The maximum Gasteiger partial charge on any atom is 0.344 e. The summed E-state index contributed by atoms with van der Waals surface area (Å²) < 4.78 is 24.2. The van der Waals surface area contributed by atoms with Gasteiger partial charge in [-0.15, -0.1) is 0 Å². The topological polar surface area (TPSA) is 167 Å². The number of amides is 1. The van der Waals surface area contributed by atoms with E-state index in [0.717, 1.165) is 57.3 Å². The summed E-state index contributed by atoms with van der Waals surface area (Å²) in [4.78, 5) is 63.3. The zero-order valence-corrected chi connectivity index (χ0v) is 36.5. The molecule has 60 heavy (non-hydrogen) atoms. The van der Waals surface area contributed by atoms with E-state index in [0.29, 0.717) is 70.5 Å². The molecule has 9 aliphatic rings. The highest BCUT2D eigenvalue weighted by Gasteiger charge is 2.83. The van der Waals surface area contributed by atoms with Crippen LogP contribution in [0.1, 0.15) is 97.8 Å². The molecule has 7 unspecified atom stereocenters. The first kappa shape index (κ1) is 42.3. The lowest BCUT2D eigenvalue weighted by Gasteiger charge is -2.64. The third-order valence-electron chi connectivity index (χ3n) is 18.1. The first-order valence-electron chi connectivity index (χ1n) is 22.9. The van der Waals surface area contributed by atoms with Gasteiger partial charge in [0.2, 0.25) is 12.0 Å². The van der Waals surface area contributed by atoms with Crippen molar-refractivity contribution in [2.75, 3.05) is 54.1 Å². The molecule has 0 aromatic heterocycles. The van der Waals surface area contributed by atoms with Crippen LogP contribution in [0, 0.1) is 39.9 Å². The third kappa shape index (κ3) is 5.61. The Morgan fingerprint density at radius 3 is 2.42 bits per heavy atom. The fourth-order valence-corrected chi connectivity index (χ4v) is 16.1. The molecule has 0 aromatic rings. The lowest BCUT2D eigenvalue weighted by Crippen LogP contribution is -2.80. The minimum absolute atomic E-state index is 0.0166. The molecule has 3 saturated heterocycles. The normalized spacial score (nSPS) is 47.9. The van der Waals surface area contributed by atoms with Gasteiger partial charge in [-0.05, 0) is 88.2 Å². The SMILES string of the molecule is CC[C@]1(O)CC2CN(CCC3=C(NC4CCCCC34)[C@@](C(=O)OC)(C3CC4C(C[C@@H]3OC)N(C=O)[C@H]3[C@@](O)(C(=O)OC)[C@H](OC(C)=O)[C@]5(CC)C=CCN6CC[C@]43[C@@H]65)C2)C1. The molecule has 14 nitrogen and oxygen atoms in total. The van der Waals surface area contributed by atoms with Crippen LogP contribution in [0.15, 0.2) is 23.4 Å². The van der Waals surface area contributed by atoms with Crippen molar-refractivity contribution in [3.8, 4) is 0 Å². The smallest absolute Gasteiger partial charge is 0.344 e. The van der Waals surface area contributed by atoms with Crippen molar-refractivity contribution in [1.29, 1.82) is 0 Å². The second-order valence-corrected chi connectivity index (χ2v) is 20.3. The molecule has 2 bridgehead atoms. The highest BCUT2D eigenvalue weighted by molar-refractivity contribution is 5.85. The standard InChI is InChI=1S/C46H68N4O10/c1-7-42(55)22-28-23-45(40(53)58-5,36-30(14-18-48(24-28)25-42)29-12-9-10-13-33(29)47-36)32-20-31-34(21-35(32)57-4)50(26-51)38-44(31)16-19-49-17-11-15-43(8-2,37(44)49)39(60-27(3)52)46(38,56)41(54)59-6/h11,15,26,28-29,31-35,37-39,47,55-56H,7-10,12-14,16-25H2,1-6H3/t28?,29?,31?,32?,33?,34?,35-,37-,38+,39+,42-,43+,44+,45-,46-/m0/s1. The van der Waals surface area contributed by atoms with Crippen LogP contribution in [0.25, 0.3) is 0 Å². The van der Waals surface area contributed by atoms with Crippen LogP contribution in [0.5, 0.6) is 0 Å². The maximum absolute atomic E-state index is 15.5. The number of nitrogens with zero attached hydrogens (tertiary/aromatic N) is 3. The number of likely N-dealkylation sites (tertiary alicyclic amines) is 1. The summed E-state index contributed by atoms with van der Waals surface area (Å²) in [5.41, 5.74) is -4.02. The minimum atomic E-state index is -2.41. The van der Waals surface area contributed by atoms with Crippen molar-refractivity contribution in [2.24, 2.45) is 39.9 Å². The highest BCUT2D eigenvalue weighted by atomic mass is 16.6. The van der Waals surface area contributed by atoms with E-state index >= 15 is 4.79 Å². The Labute approximate surface area is 354 Å². The van der Waals surface area contributed by atoms with E-state index in [1.54, 1.807) is 12.0 Å². The predicted octanol–water partition coefficient (Wildman–Crippen LogP) is 2.95. The average molecular weight is 837 g/mol. The summed E-state index contributed by atoms with van der Waals surface area (Å²) in [5.74, 6) is -2.29. The van der Waals surface area contributed by atoms with Gasteiger partial charge in [0.25, 0.3) is 0 Å². The molecule has 6 aliphatic heterocycles. The molecular weight excluding hydrogens is 769 g/mol. The largest absolute Gasteiger partial charge is 0.468 e. The number of fused-ring (bicyclic) bond motifs is 5. The molecule has 0 aromatic carbocycles. The van der Waals surface area contributed by atoms with Gasteiger partial charge >= 0.3 is 17.9 Å². The number of aliphatic hydroxyl groups is 2. The van der Waals surface area contributed by atoms with Crippen LogP contribution in [0.4, 0.5) is 0 Å². The van der Waals surface area contributed by atoms with E-state index < -0.39 is 69.6 Å². The fourth-order valence-electron chi connectivity index (χ4n) is 16.1. The van der Waals surface area contributed by atoms with E-state index in [2.05, 4.69) is 27.3 Å². The van der Waals surface area contributed by atoms with Gasteiger partial charge in [0, 0.05) is 86.7 Å². The molecule has 1 amide bonds. The van der Waals surface area contributed by atoms with E-state index in [1.165, 1.54) is 26.7 Å². The maximum atomic E-state index is 15.5. The summed E-state index contributed by atoms with van der Waals surface area (Å²) >= 11 is 0. The number of carbonyl (C=O) groups excluding carboxylic acids is 4. The van der Waals surface area contributed by atoms with E-state index in [4.69, 9.17) is 18.9 Å². The van der Waals surface area contributed by atoms with Crippen LogP contribution >= 0.6 is 0 Å². The Morgan fingerprint density at radius 2 is 1.73 bits per heavy atom. The van der Waals surface area contributed by atoms with Gasteiger partial charge in [0.1, 0.15) is 5.41 Å². The number of hydrogen-bond acceptors (Lipinski definition) is 13. The zero-order chi connectivity index (χ0) is 42.6. The number of methoxy groups -OCH3 is 3. The number of piperidine rings is 1. The molecule has 3 N–H and O–H groups in total. The number of carbonyl (C=O) groups is 4. The molecule has 3 saturated carbocycles. The Hall–Kier alpha value is -3.04. The molecule has 16 atom stereocenters. The summed E-state index contributed by atoms with van der Waals surface area (Å²) in [5, 5.41) is 29.5. The second-order valence-electron chi connectivity index (χ2n) is 20.3. The summed E-state index contributed by atoms with van der Waals surface area (Å²) in [6.07, 6.45) is 11.7. The predicted molar refractivity (Wildman–Crippen MR) is 219 cm³/mol. The molecule has 3 aliphatic carbocycles. The Morgan fingerprint density at radius 1 is 0.967 bits per heavy atom.